The third kappa shape index (κ3) is 4.16. The minimum Gasteiger partial charge on any atom is -0.392 e. The summed E-state index contributed by atoms with van der Waals surface area (Å²) < 4.78 is 0. The molecule has 2 nitrogen and oxygen atoms in total. The van der Waals surface area contributed by atoms with Crippen molar-refractivity contribution in [3.8, 4) is 0 Å². The molecule has 0 unspecified atom stereocenters. The van der Waals surface area contributed by atoms with Crippen LogP contribution in [-0.2, 0) is 6.61 Å². The van der Waals surface area contributed by atoms with Crippen LogP contribution in [0.4, 0.5) is 0 Å². The smallest absolute Gasteiger partial charge is 0.0682 e. The SMILES string of the molecule is CC.CC.Cc1cc(CO)cc2ccncc12. The van der Waals surface area contributed by atoms with Gasteiger partial charge in [0.05, 0.1) is 6.61 Å². The third-order valence-electron chi connectivity index (χ3n) is 2.21. The van der Waals surface area contributed by atoms with Crippen molar-refractivity contribution in [1.82, 2.24) is 4.98 Å². The Balaban J connectivity index is 0.000000581. The highest BCUT2D eigenvalue weighted by molar-refractivity contribution is 5.85. The molecule has 0 saturated carbocycles. The molecule has 0 aliphatic carbocycles. The van der Waals surface area contributed by atoms with E-state index in [1.807, 2.05) is 59.0 Å². The first kappa shape index (κ1) is 15.6. The second-order valence-corrected chi connectivity index (χ2v) is 3.17. The number of aliphatic hydroxyl groups is 1. The fourth-order valence-electron chi connectivity index (χ4n) is 1.55. The number of aromatic nitrogens is 1. The van der Waals surface area contributed by atoms with Crippen LogP contribution in [0.3, 0.4) is 0 Å². The third-order valence-corrected chi connectivity index (χ3v) is 2.21. The van der Waals surface area contributed by atoms with Crippen LogP contribution in [0.25, 0.3) is 10.8 Å². The van der Waals surface area contributed by atoms with Crippen molar-refractivity contribution in [2.45, 2.75) is 41.2 Å². The lowest BCUT2D eigenvalue weighted by Gasteiger charge is -2.03. The Labute approximate surface area is 104 Å². The van der Waals surface area contributed by atoms with Gasteiger partial charge >= 0.3 is 0 Å². The first-order chi connectivity index (χ1) is 8.31. The minimum absolute atomic E-state index is 0.0963. The number of benzene rings is 1. The molecule has 2 aromatic rings. The molecule has 1 heterocycles. The molecule has 0 fully saturated rings. The van der Waals surface area contributed by atoms with Gasteiger partial charge in [0.2, 0.25) is 0 Å². The van der Waals surface area contributed by atoms with E-state index in [9.17, 15) is 0 Å². The summed E-state index contributed by atoms with van der Waals surface area (Å²) in [6.07, 6.45) is 3.62. The van der Waals surface area contributed by atoms with Crippen molar-refractivity contribution >= 4 is 10.8 Å². The van der Waals surface area contributed by atoms with E-state index in [0.29, 0.717) is 0 Å². The number of aliphatic hydroxyl groups excluding tert-OH is 1. The standard InChI is InChI=1S/C11H11NO.2C2H6/c1-8-4-9(7-13)5-10-2-3-12-6-11(8)10;2*1-2/h2-6,13H,7H2,1H3;2*1-2H3. The van der Waals surface area contributed by atoms with Crippen molar-refractivity contribution < 1.29 is 5.11 Å². The fraction of sp³-hybridized carbons (Fsp3) is 0.400. The van der Waals surface area contributed by atoms with Crippen molar-refractivity contribution in [1.29, 1.82) is 0 Å². The molecule has 0 amide bonds. The van der Waals surface area contributed by atoms with Gasteiger partial charge in [0.1, 0.15) is 0 Å². The zero-order chi connectivity index (χ0) is 13.3. The number of nitrogens with zero attached hydrogens (tertiary/aromatic N) is 1. The zero-order valence-corrected chi connectivity index (χ0v) is 11.5. The number of aryl methyl sites for hydroxylation is 1. The van der Waals surface area contributed by atoms with E-state index in [1.165, 1.54) is 0 Å². The molecule has 1 N–H and O–H groups in total. The predicted molar refractivity (Wildman–Crippen MR) is 75.1 cm³/mol. The second kappa shape index (κ2) is 8.71. The Kier molecular flexibility index (Phi) is 7.99. The molecule has 94 valence electrons. The molecular weight excluding hydrogens is 210 g/mol. The number of hydrogen-bond acceptors (Lipinski definition) is 2. The van der Waals surface area contributed by atoms with Gasteiger partial charge in [-0.05, 0) is 35.6 Å². The zero-order valence-electron chi connectivity index (χ0n) is 11.5. The average molecular weight is 233 g/mol. The molecule has 0 atom stereocenters. The molecule has 0 bridgehead atoms. The molecule has 17 heavy (non-hydrogen) atoms. The van der Waals surface area contributed by atoms with Gasteiger partial charge in [-0.25, -0.2) is 0 Å². The lowest BCUT2D eigenvalue weighted by atomic mass is 10.0. The van der Waals surface area contributed by atoms with Crippen molar-refractivity contribution in [2.75, 3.05) is 0 Å². The number of pyridine rings is 1. The molecular formula is C15H23NO. The Morgan fingerprint density at radius 2 is 1.76 bits per heavy atom. The number of fused-ring (bicyclic) bond motifs is 1. The van der Waals surface area contributed by atoms with Crippen LogP contribution >= 0.6 is 0 Å². The summed E-state index contributed by atoms with van der Waals surface area (Å²) in [5.41, 5.74) is 2.12. The molecule has 1 aromatic carbocycles. The van der Waals surface area contributed by atoms with E-state index < -0.39 is 0 Å². The van der Waals surface area contributed by atoms with Gasteiger partial charge in [0.25, 0.3) is 0 Å². The fourth-order valence-corrected chi connectivity index (χ4v) is 1.55. The molecule has 0 radical (unpaired) electrons. The normalized spacial score (nSPS) is 8.82. The summed E-state index contributed by atoms with van der Waals surface area (Å²) in [5.74, 6) is 0. The highest BCUT2D eigenvalue weighted by atomic mass is 16.3. The monoisotopic (exact) mass is 233 g/mol. The minimum atomic E-state index is 0.0963. The number of rotatable bonds is 1. The predicted octanol–water partition coefficient (Wildman–Crippen LogP) is 4.09. The van der Waals surface area contributed by atoms with Crippen molar-refractivity contribution in [3.63, 3.8) is 0 Å². The largest absolute Gasteiger partial charge is 0.392 e. The van der Waals surface area contributed by atoms with Crippen LogP contribution in [0.1, 0.15) is 38.8 Å². The van der Waals surface area contributed by atoms with Crippen LogP contribution in [0.2, 0.25) is 0 Å². The van der Waals surface area contributed by atoms with E-state index >= 15 is 0 Å². The van der Waals surface area contributed by atoms with Crippen LogP contribution in [0, 0.1) is 6.92 Å². The number of hydrogen-bond donors (Lipinski definition) is 1. The first-order valence-electron chi connectivity index (χ1n) is 6.25. The summed E-state index contributed by atoms with van der Waals surface area (Å²) in [4.78, 5) is 4.07. The van der Waals surface area contributed by atoms with Gasteiger partial charge in [-0.15, -0.1) is 0 Å². The van der Waals surface area contributed by atoms with Gasteiger partial charge in [-0.1, -0.05) is 33.8 Å². The Hall–Kier alpha value is -1.41. The van der Waals surface area contributed by atoms with E-state index in [0.717, 1.165) is 21.9 Å². The topological polar surface area (TPSA) is 33.1 Å². The van der Waals surface area contributed by atoms with Crippen molar-refractivity contribution in [3.05, 3.63) is 41.7 Å². The van der Waals surface area contributed by atoms with E-state index in [1.54, 1.807) is 6.20 Å². The molecule has 2 rings (SSSR count). The highest BCUT2D eigenvalue weighted by Crippen LogP contribution is 2.19. The van der Waals surface area contributed by atoms with E-state index in [2.05, 4.69) is 4.98 Å². The molecule has 0 spiro atoms. The van der Waals surface area contributed by atoms with E-state index in [4.69, 9.17) is 5.11 Å². The maximum atomic E-state index is 9.01. The maximum Gasteiger partial charge on any atom is 0.0682 e. The highest BCUT2D eigenvalue weighted by Gasteiger charge is 1.99. The van der Waals surface area contributed by atoms with E-state index in [-0.39, 0.29) is 6.61 Å². The van der Waals surface area contributed by atoms with Crippen LogP contribution < -0.4 is 0 Å². The Morgan fingerprint density at radius 1 is 1.12 bits per heavy atom. The van der Waals surface area contributed by atoms with Gasteiger partial charge < -0.3 is 5.11 Å². The summed E-state index contributed by atoms with van der Waals surface area (Å²) >= 11 is 0. The lowest BCUT2D eigenvalue weighted by molar-refractivity contribution is 0.282. The average Bonchev–Trinajstić information content (AvgIpc) is 2.43. The van der Waals surface area contributed by atoms with Gasteiger partial charge in [-0.3, -0.25) is 4.98 Å². The lowest BCUT2D eigenvalue weighted by Crippen LogP contribution is -1.87. The van der Waals surface area contributed by atoms with Crippen LogP contribution in [0.5, 0.6) is 0 Å². The molecule has 0 aliphatic rings. The summed E-state index contributed by atoms with van der Waals surface area (Å²) in [5, 5.41) is 11.3. The first-order valence-corrected chi connectivity index (χ1v) is 6.25. The molecule has 0 aliphatic heterocycles. The summed E-state index contributed by atoms with van der Waals surface area (Å²) in [6.45, 7) is 10.1. The molecule has 0 saturated heterocycles. The maximum absolute atomic E-state index is 9.01. The van der Waals surface area contributed by atoms with Crippen LogP contribution in [0.15, 0.2) is 30.6 Å². The van der Waals surface area contributed by atoms with Gasteiger partial charge in [0, 0.05) is 17.8 Å². The van der Waals surface area contributed by atoms with Gasteiger partial charge in [0.15, 0.2) is 0 Å². The molecule has 1 aromatic heterocycles. The second-order valence-electron chi connectivity index (χ2n) is 3.17. The van der Waals surface area contributed by atoms with Crippen LogP contribution in [-0.4, -0.2) is 10.1 Å². The summed E-state index contributed by atoms with van der Waals surface area (Å²) in [7, 11) is 0. The summed E-state index contributed by atoms with van der Waals surface area (Å²) in [6, 6.07) is 5.94. The Morgan fingerprint density at radius 3 is 2.35 bits per heavy atom. The van der Waals surface area contributed by atoms with Gasteiger partial charge in [-0.2, -0.15) is 0 Å². The molecule has 2 heteroatoms. The Bertz CT molecular complexity index is 438. The van der Waals surface area contributed by atoms with Crippen molar-refractivity contribution in [2.24, 2.45) is 0 Å². The quantitative estimate of drug-likeness (QED) is 0.804.